The Hall–Kier alpha value is 0.01000. The summed E-state index contributed by atoms with van der Waals surface area (Å²) in [7, 11) is 0. The van der Waals surface area contributed by atoms with Crippen molar-refractivity contribution in [3.8, 4) is 0 Å². The summed E-state index contributed by atoms with van der Waals surface area (Å²) >= 11 is 4.12. The van der Waals surface area contributed by atoms with Crippen LogP contribution in [0, 0.1) is 3.70 Å². The van der Waals surface area contributed by atoms with Gasteiger partial charge in [0.25, 0.3) is 6.43 Å². The lowest BCUT2D eigenvalue weighted by atomic mass is 10.2. The average Bonchev–Trinajstić information content (AvgIpc) is 2.06. The molecule has 0 N–H and O–H groups in total. The van der Waals surface area contributed by atoms with Crippen LogP contribution in [-0.4, -0.2) is 4.98 Å². The van der Waals surface area contributed by atoms with Crippen molar-refractivity contribution < 1.29 is 22.0 Å². The predicted octanol–water partition coefficient (Wildman–Crippen LogP) is 4.41. The summed E-state index contributed by atoms with van der Waals surface area (Å²) in [6.07, 6.45) is -7.70. The van der Waals surface area contributed by atoms with Crippen LogP contribution in [0.2, 0.25) is 0 Å². The first-order valence-electron chi connectivity index (χ1n) is 3.44. The molecule has 0 aliphatic heterocycles. The van der Waals surface area contributed by atoms with Gasteiger partial charge in [0.1, 0.15) is 9.39 Å². The number of rotatable bonds is 1. The van der Waals surface area contributed by atoms with Crippen LogP contribution in [0.4, 0.5) is 22.0 Å². The molecular weight excluding hydrogens is 400 g/mol. The Balaban J connectivity index is 3.38. The molecule has 0 aliphatic rings. The summed E-state index contributed by atoms with van der Waals surface area (Å²) in [5, 5.41) is 0. The first kappa shape index (κ1) is 13.1. The molecular formula is C7H2BrF5IN. The van der Waals surface area contributed by atoms with Gasteiger partial charge >= 0.3 is 6.18 Å². The highest BCUT2D eigenvalue weighted by Crippen LogP contribution is 2.38. The van der Waals surface area contributed by atoms with Gasteiger partial charge in [-0.15, -0.1) is 0 Å². The molecule has 0 spiro atoms. The van der Waals surface area contributed by atoms with Crippen molar-refractivity contribution in [3.63, 3.8) is 0 Å². The van der Waals surface area contributed by atoms with E-state index >= 15 is 0 Å². The van der Waals surface area contributed by atoms with Gasteiger partial charge in [0.15, 0.2) is 0 Å². The second-order valence-electron chi connectivity index (χ2n) is 2.50. The van der Waals surface area contributed by atoms with Crippen molar-refractivity contribution in [2.75, 3.05) is 0 Å². The minimum Gasteiger partial charge on any atom is -0.240 e. The summed E-state index contributed by atoms with van der Waals surface area (Å²) in [5.41, 5.74) is -2.02. The number of hydrogen-bond donors (Lipinski definition) is 0. The lowest BCUT2D eigenvalue weighted by molar-refractivity contribution is -0.138. The molecule has 0 atom stereocenters. The largest absolute Gasteiger partial charge is 0.417 e. The number of halogens is 7. The normalized spacial score (nSPS) is 12.3. The van der Waals surface area contributed by atoms with Crippen LogP contribution in [-0.2, 0) is 6.18 Å². The molecule has 0 radical (unpaired) electrons. The summed E-state index contributed by atoms with van der Waals surface area (Å²) in [5.74, 6) is 0. The molecule has 84 valence electrons. The molecule has 1 aromatic rings. The maximum absolute atomic E-state index is 12.4. The number of hydrogen-bond acceptors (Lipinski definition) is 1. The third-order valence-corrected chi connectivity index (χ3v) is 3.79. The van der Waals surface area contributed by atoms with Gasteiger partial charge in [-0.25, -0.2) is 13.8 Å². The van der Waals surface area contributed by atoms with Crippen LogP contribution in [0.1, 0.15) is 17.7 Å². The quantitative estimate of drug-likeness (QED) is 0.386. The summed E-state index contributed by atoms with van der Waals surface area (Å²) in [6, 6.07) is 0.344. The molecule has 8 heteroatoms. The summed E-state index contributed by atoms with van der Waals surface area (Å²) in [4.78, 5) is 3.34. The van der Waals surface area contributed by atoms with Crippen LogP contribution in [0.25, 0.3) is 0 Å². The van der Waals surface area contributed by atoms with Crippen molar-refractivity contribution in [3.05, 3.63) is 25.5 Å². The number of nitrogens with zero attached hydrogens (tertiary/aromatic N) is 1. The SMILES string of the molecule is FC(F)c1cc(C(F)(F)F)c(Br)c(I)n1. The fraction of sp³-hybridized carbons (Fsp3) is 0.286. The first-order chi connectivity index (χ1) is 6.73. The van der Waals surface area contributed by atoms with E-state index in [2.05, 4.69) is 20.9 Å². The monoisotopic (exact) mass is 401 g/mol. The van der Waals surface area contributed by atoms with E-state index in [4.69, 9.17) is 0 Å². The Kier molecular flexibility index (Phi) is 3.90. The Morgan fingerprint density at radius 1 is 1.33 bits per heavy atom. The van der Waals surface area contributed by atoms with Gasteiger partial charge in [0.2, 0.25) is 0 Å². The van der Waals surface area contributed by atoms with Crippen molar-refractivity contribution in [2.24, 2.45) is 0 Å². The van der Waals surface area contributed by atoms with E-state index in [-0.39, 0.29) is 8.17 Å². The van der Waals surface area contributed by atoms with Crippen LogP contribution >= 0.6 is 38.5 Å². The highest BCUT2D eigenvalue weighted by Gasteiger charge is 2.35. The van der Waals surface area contributed by atoms with Gasteiger partial charge in [-0.2, -0.15) is 13.2 Å². The van der Waals surface area contributed by atoms with E-state index in [1.54, 1.807) is 0 Å². The van der Waals surface area contributed by atoms with Crippen molar-refractivity contribution in [1.29, 1.82) is 0 Å². The van der Waals surface area contributed by atoms with Crippen molar-refractivity contribution in [1.82, 2.24) is 4.98 Å². The Morgan fingerprint density at radius 3 is 2.27 bits per heavy atom. The van der Waals surface area contributed by atoms with Crippen LogP contribution in [0.3, 0.4) is 0 Å². The second-order valence-corrected chi connectivity index (χ2v) is 4.31. The number of alkyl halides is 5. The molecule has 1 rings (SSSR count). The lowest BCUT2D eigenvalue weighted by Gasteiger charge is -2.11. The van der Waals surface area contributed by atoms with Gasteiger partial charge in [-0.1, -0.05) is 0 Å². The molecule has 1 aromatic heterocycles. The molecule has 0 fully saturated rings. The molecule has 0 aromatic carbocycles. The van der Waals surface area contributed by atoms with E-state index in [1.165, 1.54) is 22.6 Å². The first-order valence-corrected chi connectivity index (χ1v) is 5.32. The van der Waals surface area contributed by atoms with Gasteiger partial charge < -0.3 is 0 Å². The molecule has 0 saturated carbocycles. The lowest BCUT2D eigenvalue weighted by Crippen LogP contribution is -2.09. The molecule has 0 aliphatic carbocycles. The standard InChI is InChI=1S/C7H2BrF5IN/c8-4-2(7(11,12)13)1-3(5(9)10)15-6(4)14/h1,5H. The fourth-order valence-corrected chi connectivity index (χ4v) is 1.83. The summed E-state index contributed by atoms with van der Waals surface area (Å²) in [6.45, 7) is 0. The third kappa shape index (κ3) is 2.99. The molecule has 1 nitrogen and oxygen atoms in total. The Morgan fingerprint density at radius 2 is 1.87 bits per heavy atom. The van der Waals surface area contributed by atoms with E-state index in [0.29, 0.717) is 6.07 Å². The molecule has 1 heterocycles. The highest BCUT2D eigenvalue weighted by molar-refractivity contribution is 14.1. The minimum absolute atomic E-state index is 0.141. The highest BCUT2D eigenvalue weighted by atomic mass is 127. The van der Waals surface area contributed by atoms with E-state index in [1.807, 2.05) is 0 Å². The molecule has 0 bridgehead atoms. The third-order valence-electron chi connectivity index (χ3n) is 1.47. The smallest absolute Gasteiger partial charge is 0.240 e. The van der Waals surface area contributed by atoms with Gasteiger partial charge in [0.05, 0.1) is 10.0 Å². The Labute approximate surface area is 103 Å². The van der Waals surface area contributed by atoms with Crippen molar-refractivity contribution >= 4 is 38.5 Å². The van der Waals surface area contributed by atoms with Crippen LogP contribution in [0.15, 0.2) is 10.5 Å². The van der Waals surface area contributed by atoms with E-state index in [0.717, 1.165) is 0 Å². The number of pyridine rings is 1. The van der Waals surface area contributed by atoms with Gasteiger partial charge in [0, 0.05) is 0 Å². The van der Waals surface area contributed by atoms with Crippen LogP contribution < -0.4 is 0 Å². The molecule has 0 saturated heterocycles. The number of aromatic nitrogens is 1. The molecule has 0 amide bonds. The maximum atomic E-state index is 12.4. The minimum atomic E-state index is -4.68. The van der Waals surface area contributed by atoms with E-state index < -0.39 is 23.9 Å². The van der Waals surface area contributed by atoms with E-state index in [9.17, 15) is 22.0 Å². The van der Waals surface area contributed by atoms with Crippen molar-refractivity contribution in [2.45, 2.75) is 12.6 Å². The summed E-state index contributed by atoms with van der Waals surface area (Å²) < 4.78 is 61.0. The zero-order valence-corrected chi connectivity index (χ0v) is 10.5. The second kappa shape index (κ2) is 4.48. The zero-order valence-electron chi connectivity index (χ0n) is 6.75. The van der Waals surface area contributed by atoms with Crippen LogP contribution in [0.5, 0.6) is 0 Å². The Bertz CT molecular complexity index is 378. The van der Waals surface area contributed by atoms with Gasteiger partial charge in [-0.3, -0.25) is 0 Å². The zero-order chi connectivity index (χ0) is 11.8. The predicted molar refractivity (Wildman–Crippen MR) is 54.6 cm³/mol. The molecule has 0 unspecified atom stereocenters. The fourth-order valence-electron chi connectivity index (χ4n) is 0.835. The molecule has 15 heavy (non-hydrogen) atoms. The average molecular weight is 402 g/mol. The maximum Gasteiger partial charge on any atom is 0.417 e. The topological polar surface area (TPSA) is 12.9 Å². The van der Waals surface area contributed by atoms with Gasteiger partial charge in [-0.05, 0) is 44.6 Å².